The van der Waals surface area contributed by atoms with Gasteiger partial charge in [0.15, 0.2) is 0 Å². The molecule has 0 unspecified atom stereocenters. The Bertz CT molecular complexity index is 900. The van der Waals surface area contributed by atoms with Gasteiger partial charge in [-0.25, -0.2) is 8.42 Å². The summed E-state index contributed by atoms with van der Waals surface area (Å²) in [7, 11) is -4.17. The Hall–Kier alpha value is -1.88. The molecule has 0 radical (unpaired) electrons. The van der Waals surface area contributed by atoms with Crippen molar-refractivity contribution in [3.05, 3.63) is 58.1 Å². The maximum absolute atomic E-state index is 12.8. The number of rotatable bonds is 4. The molecule has 2 aromatic rings. The van der Waals surface area contributed by atoms with Gasteiger partial charge in [-0.1, -0.05) is 29.1 Å². The molecule has 0 heterocycles. The Balaban J connectivity index is 2.52. The lowest BCUT2D eigenvalue weighted by atomic mass is 10.2. The van der Waals surface area contributed by atoms with Crippen molar-refractivity contribution in [3.63, 3.8) is 0 Å². The fourth-order valence-electron chi connectivity index (χ4n) is 2.02. The van der Waals surface area contributed by atoms with Crippen LogP contribution in [0.2, 0.25) is 10.0 Å². The average molecular weight is 408 g/mol. The summed E-state index contributed by atoms with van der Waals surface area (Å²) in [6.45, 7) is -0.377. The Morgan fingerprint density at radius 3 is 2.00 bits per heavy atom. The molecule has 9 heteroatoms. The van der Waals surface area contributed by atoms with Gasteiger partial charge in [-0.15, -0.1) is 6.42 Å². The fourth-order valence-corrected chi connectivity index (χ4v) is 4.12. The van der Waals surface area contributed by atoms with E-state index in [1.165, 1.54) is 18.2 Å². The second-order valence-electron chi connectivity index (χ2n) is 4.87. The molecule has 2 rings (SSSR count). The largest absolute Gasteiger partial charge is 0.416 e. The summed E-state index contributed by atoms with van der Waals surface area (Å²) in [5, 5.41) is 0.193. The number of terminal acetylenes is 1. The number of sulfonamides is 1. The first kappa shape index (κ1) is 19.4. The average Bonchev–Trinajstić information content (AvgIpc) is 2.51. The van der Waals surface area contributed by atoms with Crippen LogP contribution in [0.15, 0.2) is 47.4 Å². The molecule has 0 aliphatic carbocycles. The minimum absolute atomic E-state index is 0.0120. The molecule has 2 aromatic carbocycles. The van der Waals surface area contributed by atoms with Crippen molar-refractivity contribution in [3.8, 4) is 12.3 Å². The van der Waals surface area contributed by atoms with E-state index >= 15 is 0 Å². The minimum atomic E-state index is -4.53. The summed E-state index contributed by atoms with van der Waals surface area (Å²) in [4.78, 5) is -0.222. The highest BCUT2D eigenvalue weighted by Gasteiger charge is 2.31. The lowest BCUT2D eigenvalue weighted by Gasteiger charge is -2.23. The third-order valence-electron chi connectivity index (χ3n) is 3.14. The first-order chi connectivity index (χ1) is 11.6. The van der Waals surface area contributed by atoms with Crippen LogP contribution in [-0.2, 0) is 16.2 Å². The molecule has 0 fully saturated rings. The number of benzene rings is 2. The van der Waals surface area contributed by atoms with Crippen molar-refractivity contribution in [2.45, 2.75) is 11.1 Å². The summed E-state index contributed by atoms with van der Waals surface area (Å²) >= 11 is 11.6. The number of hydrogen-bond acceptors (Lipinski definition) is 2. The zero-order valence-electron chi connectivity index (χ0n) is 12.4. The highest BCUT2D eigenvalue weighted by molar-refractivity contribution is 7.92. The van der Waals surface area contributed by atoms with Crippen molar-refractivity contribution in [2.75, 3.05) is 10.8 Å². The molecule has 0 saturated carbocycles. The fraction of sp³-hybridized carbons (Fsp3) is 0.125. The molecule has 0 amide bonds. The predicted octanol–water partition coefficient (Wildman–Crippen LogP) is 4.84. The monoisotopic (exact) mass is 407 g/mol. The summed E-state index contributed by atoms with van der Waals surface area (Å²) in [5.74, 6) is 2.17. The molecule has 132 valence electrons. The molecule has 0 aliphatic rings. The van der Waals surface area contributed by atoms with E-state index in [-0.39, 0.29) is 27.2 Å². The normalized spacial score (nSPS) is 11.8. The van der Waals surface area contributed by atoms with Gasteiger partial charge in [0.25, 0.3) is 10.0 Å². The van der Waals surface area contributed by atoms with Gasteiger partial charge in [0.2, 0.25) is 0 Å². The Kier molecular flexibility index (Phi) is 5.57. The maximum Gasteiger partial charge on any atom is 0.416 e. The van der Waals surface area contributed by atoms with E-state index in [2.05, 4.69) is 5.92 Å². The van der Waals surface area contributed by atoms with Gasteiger partial charge >= 0.3 is 6.18 Å². The Morgan fingerprint density at radius 1 is 1.04 bits per heavy atom. The van der Waals surface area contributed by atoms with Crippen molar-refractivity contribution >= 4 is 38.9 Å². The minimum Gasteiger partial charge on any atom is -0.254 e. The quantitative estimate of drug-likeness (QED) is 0.679. The summed E-state index contributed by atoms with van der Waals surface area (Å²) in [6.07, 6.45) is 0.679. The molecule has 0 N–H and O–H groups in total. The number of hydrogen-bond donors (Lipinski definition) is 0. The lowest BCUT2D eigenvalue weighted by Crippen LogP contribution is -2.31. The van der Waals surface area contributed by atoms with Crippen molar-refractivity contribution in [1.29, 1.82) is 0 Å². The van der Waals surface area contributed by atoms with Gasteiger partial charge in [0, 0.05) is 10.0 Å². The molecule has 0 bridgehead atoms. The zero-order chi connectivity index (χ0) is 18.8. The van der Waals surface area contributed by atoms with Gasteiger partial charge in [0.05, 0.1) is 22.7 Å². The van der Waals surface area contributed by atoms with Gasteiger partial charge in [-0.3, -0.25) is 4.31 Å². The molecule has 3 nitrogen and oxygen atoms in total. The van der Waals surface area contributed by atoms with Crippen molar-refractivity contribution < 1.29 is 21.6 Å². The van der Waals surface area contributed by atoms with E-state index in [9.17, 15) is 21.6 Å². The third-order valence-corrected chi connectivity index (χ3v) is 5.33. The highest BCUT2D eigenvalue weighted by atomic mass is 35.5. The van der Waals surface area contributed by atoms with E-state index in [1.54, 1.807) is 0 Å². The zero-order valence-corrected chi connectivity index (χ0v) is 14.7. The SMILES string of the molecule is C#CCN(c1ccc(C(F)(F)F)cc1)S(=O)(=O)c1cc(Cl)cc(Cl)c1. The van der Waals surface area contributed by atoms with Crippen LogP contribution in [0.3, 0.4) is 0 Å². The van der Waals surface area contributed by atoms with Gasteiger partial charge in [-0.05, 0) is 42.5 Å². The first-order valence-corrected chi connectivity index (χ1v) is 8.85. The van der Waals surface area contributed by atoms with Crippen LogP contribution in [0.25, 0.3) is 0 Å². The maximum atomic E-state index is 12.8. The van der Waals surface area contributed by atoms with E-state index in [0.29, 0.717) is 0 Å². The van der Waals surface area contributed by atoms with Crippen LogP contribution in [-0.4, -0.2) is 15.0 Å². The summed E-state index contributed by atoms with van der Waals surface area (Å²) in [5.41, 5.74) is -0.915. The summed E-state index contributed by atoms with van der Waals surface area (Å²) < 4.78 is 64.4. The smallest absolute Gasteiger partial charge is 0.254 e. The van der Waals surface area contributed by atoms with Crippen LogP contribution in [0.5, 0.6) is 0 Å². The van der Waals surface area contributed by atoms with Gasteiger partial charge in [0.1, 0.15) is 0 Å². The van der Waals surface area contributed by atoms with Crippen LogP contribution in [0, 0.1) is 12.3 Å². The Labute approximate surface area is 153 Å². The molecular formula is C16H10Cl2F3NO2S. The van der Waals surface area contributed by atoms with Crippen LogP contribution >= 0.6 is 23.2 Å². The molecule has 0 aliphatic heterocycles. The standard InChI is InChI=1S/C16H10Cl2F3NO2S/c1-2-7-22(14-5-3-11(4-6-14)16(19,20)21)25(23,24)15-9-12(17)8-13(18)10-15/h1,3-6,8-10H,7H2. The van der Waals surface area contributed by atoms with Gasteiger partial charge in [-0.2, -0.15) is 13.2 Å². The summed E-state index contributed by atoms with van der Waals surface area (Å²) in [6, 6.07) is 7.32. The van der Waals surface area contributed by atoms with Crippen LogP contribution in [0.4, 0.5) is 18.9 Å². The lowest BCUT2D eigenvalue weighted by molar-refractivity contribution is -0.137. The second kappa shape index (κ2) is 7.16. The third kappa shape index (κ3) is 4.40. The second-order valence-corrected chi connectivity index (χ2v) is 7.60. The van der Waals surface area contributed by atoms with Crippen LogP contribution < -0.4 is 4.31 Å². The molecule has 0 aromatic heterocycles. The van der Waals surface area contributed by atoms with E-state index in [4.69, 9.17) is 29.6 Å². The van der Waals surface area contributed by atoms with E-state index in [1.807, 2.05) is 0 Å². The van der Waals surface area contributed by atoms with E-state index in [0.717, 1.165) is 28.6 Å². The molecule has 25 heavy (non-hydrogen) atoms. The number of nitrogens with zero attached hydrogens (tertiary/aromatic N) is 1. The predicted molar refractivity (Wildman–Crippen MR) is 91.3 cm³/mol. The number of alkyl halides is 3. The van der Waals surface area contributed by atoms with Crippen molar-refractivity contribution in [1.82, 2.24) is 0 Å². The molecule has 0 atom stereocenters. The molecular weight excluding hydrogens is 398 g/mol. The molecule has 0 spiro atoms. The van der Waals surface area contributed by atoms with E-state index < -0.39 is 21.8 Å². The number of anilines is 1. The van der Waals surface area contributed by atoms with Gasteiger partial charge < -0.3 is 0 Å². The first-order valence-electron chi connectivity index (χ1n) is 6.65. The Morgan fingerprint density at radius 2 is 1.56 bits per heavy atom. The van der Waals surface area contributed by atoms with Crippen molar-refractivity contribution in [2.24, 2.45) is 0 Å². The molecule has 0 saturated heterocycles. The van der Waals surface area contributed by atoms with Crippen LogP contribution in [0.1, 0.15) is 5.56 Å². The highest BCUT2D eigenvalue weighted by Crippen LogP contribution is 2.32. The number of halogens is 5. The topological polar surface area (TPSA) is 37.4 Å².